The van der Waals surface area contributed by atoms with Crippen LogP contribution in [-0.4, -0.2) is 10.2 Å². The maximum atomic E-state index is 5.47. The van der Waals surface area contributed by atoms with Gasteiger partial charge in [-0.3, -0.25) is 0 Å². The van der Waals surface area contributed by atoms with Gasteiger partial charge in [-0.15, -0.1) is 10.2 Å². The Morgan fingerprint density at radius 1 is 1.25 bits per heavy atom. The predicted molar refractivity (Wildman–Crippen MR) is 63.2 cm³/mol. The lowest BCUT2D eigenvalue weighted by Gasteiger charge is -2.22. The monoisotopic (exact) mass is 278 g/mol. The van der Waals surface area contributed by atoms with E-state index in [0.29, 0.717) is 4.80 Å². The molecule has 16 heavy (non-hydrogen) atoms. The van der Waals surface area contributed by atoms with E-state index in [1.807, 2.05) is 0 Å². The van der Waals surface area contributed by atoms with Gasteiger partial charge in [0.15, 0.2) is 0 Å². The number of benzene rings is 1. The Kier molecular flexibility index (Phi) is 2.52. The highest BCUT2D eigenvalue weighted by Gasteiger charge is 2.25. The SMILES string of the molecule is Brc1nnc(C2CCCc3ccccc32)o1. The van der Waals surface area contributed by atoms with Crippen molar-refractivity contribution in [3.05, 3.63) is 46.1 Å². The maximum absolute atomic E-state index is 5.47. The summed E-state index contributed by atoms with van der Waals surface area (Å²) in [6, 6.07) is 8.51. The van der Waals surface area contributed by atoms with Crippen molar-refractivity contribution >= 4 is 15.9 Å². The Morgan fingerprint density at radius 3 is 2.94 bits per heavy atom. The average molecular weight is 279 g/mol. The van der Waals surface area contributed by atoms with E-state index in [4.69, 9.17) is 4.42 Å². The summed E-state index contributed by atoms with van der Waals surface area (Å²) in [5, 5.41) is 7.94. The zero-order chi connectivity index (χ0) is 11.0. The zero-order valence-electron chi connectivity index (χ0n) is 8.69. The molecule has 1 aromatic carbocycles. The fourth-order valence-corrected chi connectivity index (χ4v) is 2.61. The fraction of sp³-hybridized carbons (Fsp3) is 0.333. The second-order valence-corrected chi connectivity index (χ2v) is 4.72. The molecule has 0 N–H and O–H groups in total. The van der Waals surface area contributed by atoms with Gasteiger partial charge in [0, 0.05) is 15.9 Å². The minimum Gasteiger partial charge on any atom is -0.415 e. The van der Waals surface area contributed by atoms with Crippen molar-refractivity contribution in [3.63, 3.8) is 0 Å². The van der Waals surface area contributed by atoms with Crippen molar-refractivity contribution in [2.24, 2.45) is 0 Å². The van der Waals surface area contributed by atoms with Gasteiger partial charge >= 0.3 is 0 Å². The number of halogens is 1. The molecule has 3 nitrogen and oxygen atoms in total. The fourth-order valence-electron chi connectivity index (χ4n) is 2.37. The van der Waals surface area contributed by atoms with Crippen LogP contribution in [0.4, 0.5) is 0 Å². The van der Waals surface area contributed by atoms with Gasteiger partial charge in [0.2, 0.25) is 5.89 Å². The highest BCUT2D eigenvalue weighted by Crippen LogP contribution is 2.36. The molecule has 1 aliphatic rings. The van der Waals surface area contributed by atoms with E-state index < -0.39 is 0 Å². The van der Waals surface area contributed by atoms with Crippen LogP contribution >= 0.6 is 15.9 Å². The standard InChI is InChI=1S/C12H11BrN2O/c13-12-15-14-11(16-12)10-7-3-5-8-4-1-2-6-9(8)10/h1-2,4,6,10H,3,5,7H2. The van der Waals surface area contributed by atoms with E-state index in [9.17, 15) is 0 Å². The normalized spacial score (nSPS) is 19.4. The summed E-state index contributed by atoms with van der Waals surface area (Å²) in [7, 11) is 0. The molecule has 0 radical (unpaired) electrons. The van der Waals surface area contributed by atoms with E-state index in [2.05, 4.69) is 50.4 Å². The van der Waals surface area contributed by atoms with Crippen LogP contribution in [0.2, 0.25) is 0 Å². The van der Waals surface area contributed by atoms with Crippen molar-refractivity contribution in [3.8, 4) is 0 Å². The van der Waals surface area contributed by atoms with Gasteiger partial charge in [0.1, 0.15) is 0 Å². The minimum atomic E-state index is 0.267. The van der Waals surface area contributed by atoms with Crippen LogP contribution in [-0.2, 0) is 6.42 Å². The van der Waals surface area contributed by atoms with Gasteiger partial charge in [0.05, 0.1) is 5.92 Å². The van der Waals surface area contributed by atoms with E-state index in [1.54, 1.807) is 0 Å². The molecule has 0 amide bonds. The molecule has 1 atom stereocenters. The first kappa shape index (κ1) is 10.0. The summed E-state index contributed by atoms with van der Waals surface area (Å²) >= 11 is 3.20. The summed E-state index contributed by atoms with van der Waals surface area (Å²) in [4.78, 5) is 0.463. The van der Waals surface area contributed by atoms with Gasteiger partial charge in [0.25, 0.3) is 4.80 Å². The summed E-state index contributed by atoms with van der Waals surface area (Å²) in [5.41, 5.74) is 2.75. The Morgan fingerprint density at radius 2 is 2.12 bits per heavy atom. The highest BCUT2D eigenvalue weighted by atomic mass is 79.9. The molecule has 0 bridgehead atoms. The molecule has 0 saturated heterocycles. The van der Waals surface area contributed by atoms with Crippen LogP contribution in [0.25, 0.3) is 0 Å². The summed E-state index contributed by atoms with van der Waals surface area (Å²) in [6.07, 6.45) is 3.43. The average Bonchev–Trinajstić information content (AvgIpc) is 2.75. The number of rotatable bonds is 1. The molecule has 1 unspecified atom stereocenters. The largest absolute Gasteiger partial charge is 0.415 e. The van der Waals surface area contributed by atoms with Crippen molar-refractivity contribution < 1.29 is 4.42 Å². The van der Waals surface area contributed by atoms with Crippen LogP contribution in [0.1, 0.15) is 35.8 Å². The van der Waals surface area contributed by atoms with E-state index >= 15 is 0 Å². The van der Waals surface area contributed by atoms with Crippen molar-refractivity contribution in [1.82, 2.24) is 10.2 Å². The lowest BCUT2D eigenvalue weighted by molar-refractivity contribution is 0.428. The van der Waals surface area contributed by atoms with Gasteiger partial charge < -0.3 is 4.42 Å². The molecule has 1 heterocycles. The Balaban J connectivity index is 2.04. The smallest absolute Gasteiger partial charge is 0.284 e. The zero-order valence-corrected chi connectivity index (χ0v) is 10.3. The van der Waals surface area contributed by atoms with Gasteiger partial charge in [-0.05, 0) is 30.4 Å². The first-order valence-corrected chi connectivity index (χ1v) is 6.20. The molecule has 0 spiro atoms. The predicted octanol–water partition coefficient (Wildman–Crippen LogP) is 3.30. The van der Waals surface area contributed by atoms with Gasteiger partial charge in [-0.1, -0.05) is 24.3 Å². The van der Waals surface area contributed by atoms with E-state index in [-0.39, 0.29) is 5.92 Å². The van der Waals surface area contributed by atoms with Gasteiger partial charge in [-0.2, -0.15) is 0 Å². The third-order valence-electron chi connectivity index (χ3n) is 3.08. The molecular weight excluding hydrogens is 268 g/mol. The molecular formula is C12H11BrN2O. The van der Waals surface area contributed by atoms with Gasteiger partial charge in [-0.25, -0.2) is 0 Å². The lowest BCUT2D eigenvalue weighted by Crippen LogP contribution is -2.11. The number of aromatic nitrogens is 2. The molecule has 0 aliphatic heterocycles. The van der Waals surface area contributed by atoms with Crippen LogP contribution in [0.5, 0.6) is 0 Å². The number of hydrogen-bond donors (Lipinski definition) is 0. The molecule has 0 saturated carbocycles. The first-order chi connectivity index (χ1) is 7.84. The summed E-state index contributed by atoms with van der Waals surface area (Å²) in [5.74, 6) is 0.989. The summed E-state index contributed by atoms with van der Waals surface area (Å²) < 4.78 is 5.47. The maximum Gasteiger partial charge on any atom is 0.284 e. The Labute approximate surface area is 102 Å². The minimum absolute atomic E-state index is 0.267. The summed E-state index contributed by atoms with van der Waals surface area (Å²) in [6.45, 7) is 0. The topological polar surface area (TPSA) is 38.9 Å². The second-order valence-electron chi connectivity index (χ2n) is 4.04. The molecule has 3 rings (SSSR count). The third-order valence-corrected chi connectivity index (χ3v) is 3.40. The molecule has 82 valence electrons. The van der Waals surface area contributed by atoms with Crippen molar-refractivity contribution in [2.75, 3.05) is 0 Å². The quantitative estimate of drug-likeness (QED) is 0.804. The van der Waals surface area contributed by atoms with Crippen molar-refractivity contribution in [1.29, 1.82) is 0 Å². The molecule has 0 fully saturated rings. The number of nitrogens with zero attached hydrogens (tertiary/aromatic N) is 2. The number of fused-ring (bicyclic) bond motifs is 1. The first-order valence-electron chi connectivity index (χ1n) is 5.41. The van der Waals surface area contributed by atoms with Crippen LogP contribution < -0.4 is 0 Å². The number of hydrogen-bond acceptors (Lipinski definition) is 3. The lowest BCUT2D eigenvalue weighted by atomic mass is 9.83. The van der Waals surface area contributed by atoms with Crippen LogP contribution in [0, 0.1) is 0 Å². The third kappa shape index (κ3) is 1.67. The molecule has 4 heteroatoms. The van der Waals surface area contributed by atoms with E-state index in [1.165, 1.54) is 17.5 Å². The Bertz CT molecular complexity index is 509. The second kappa shape index (κ2) is 4.01. The molecule has 2 aromatic rings. The number of aryl methyl sites for hydroxylation is 1. The van der Waals surface area contributed by atoms with Crippen molar-refractivity contribution in [2.45, 2.75) is 25.2 Å². The molecule has 1 aromatic heterocycles. The van der Waals surface area contributed by atoms with Crippen LogP contribution in [0.15, 0.2) is 33.5 Å². The Hall–Kier alpha value is -1.16. The van der Waals surface area contributed by atoms with Crippen LogP contribution in [0.3, 0.4) is 0 Å². The highest BCUT2D eigenvalue weighted by molar-refractivity contribution is 9.10. The molecule has 1 aliphatic carbocycles. The van der Waals surface area contributed by atoms with E-state index in [0.717, 1.165) is 18.7 Å².